The first-order chi connectivity index (χ1) is 4.86. The van der Waals surface area contributed by atoms with Crippen molar-refractivity contribution < 1.29 is 0 Å². The van der Waals surface area contributed by atoms with E-state index in [2.05, 4.69) is 12.2 Å². The maximum atomic E-state index is 3.72. The van der Waals surface area contributed by atoms with E-state index < -0.39 is 0 Å². The van der Waals surface area contributed by atoms with Crippen molar-refractivity contribution in [3.05, 3.63) is 0 Å². The van der Waals surface area contributed by atoms with Crippen molar-refractivity contribution in [1.82, 2.24) is 5.32 Å². The van der Waals surface area contributed by atoms with Crippen molar-refractivity contribution in [3.63, 3.8) is 0 Å². The highest BCUT2D eigenvalue weighted by atomic mass is 15.1. The quantitative estimate of drug-likeness (QED) is 0.620. The Bertz CT molecular complexity index is 154. The van der Waals surface area contributed by atoms with Gasteiger partial charge in [-0.15, -0.1) is 0 Å². The van der Waals surface area contributed by atoms with Gasteiger partial charge in [-0.05, 0) is 43.9 Å². The smallest absolute Gasteiger partial charge is 0.0133 e. The molecule has 0 amide bonds. The molecule has 3 rings (SSSR count). The lowest BCUT2D eigenvalue weighted by Gasteiger charge is -2.14. The van der Waals surface area contributed by atoms with Gasteiger partial charge in [-0.1, -0.05) is 0 Å². The fraction of sp³-hybridized carbons (Fsp3) is 1.00. The lowest BCUT2D eigenvalue weighted by Crippen LogP contribution is -2.33. The van der Waals surface area contributed by atoms with Crippen LogP contribution in [0.2, 0.25) is 0 Å². The van der Waals surface area contributed by atoms with Gasteiger partial charge in [0.1, 0.15) is 0 Å². The lowest BCUT2D eigenvalue weighted by atomic mass is 10.2. The van der Waals surface area contributed by atoms with E-state index in [0.717, 1.165) is 29.8 Å². The molecule has 0 saturated heterocycles. The fourth-order valence-corrected chi connectivity index (χ4v) is 2.06. The third-order valence-electron chi connectivity index (χ3n) is 3.46. The maximum absolute atomic E-state index is 3.72. The number of hydrogen-bond donors (Lipinski definition) is 1. The Balaban J connectivity index is 1.49. The SMILES string of the molecule is CC(NC1C2CC21)C1CC1. The summed E-state index contributed by atoms with van der Waals surface area (Å²) < 4.78 is 0. The second kappa shape index (κ2) is 1.58. The molecule has 0 aromatic rings. The summed E-state index contributed by atoms with van der Waals surface area (Å²) in [7, 11) is 0. The van der Waals surface area contributed by atoms with Crippen LogP contribution in [0, 0.1) is 17.8 Å². The van der Waals surface area contributed by atoms with Crippen molar-refractivity contribution in [1.29, 1.82) is 0 Å². The van der Waals surface area contributed by atoms with Crippen molar-refractivity contribution in [2.45, 2.75) is 38.3 Å². The van der Waals surface area contributed by atoms with Crippen molar-refractivity contribution in [2.75, 3.05) is 0 Å². The molecule has 0 aromatic carbocycles. The third kappa shape index (κ3) is 0.731. The predicted molar refractivity (Wildman–Crippen MR) is 40.7 cm³/mol. The summed E-state index contributed by atoms with van der Waals surface area (Å²) in [4.78, 5) is 0. The van der Waals surface area contributed by atoms with Gasteiger partial charge in [0.25, 0.3) is 0 Å². The van der Waals surface area contributed by atoms with E-state index in [4.69, 9.17) is 0 Å². The molecule has 1 N–H and O–H groups in total. The number of nitrogens with one attached hydrogen (secondary N) is 1. The summed E-state index contributed by atoms with van der Waals surface area (Å²) in [6.45, 7) is 2.36. The molecular formula is C9H15N. The van der Waals surface area contributed by atoms with Crippen LogP contribution in [0.3, 0.4) is 0 Å². The Labute approximate surface area is 62.2 Å². The van der Waals surface area contributed by atoms with Gasteiger partial charge in [-0.3, -0.25) is 0 Å². The zero-order valence-electron chi connectivity index (χ0n) is 6.51. The van der Waals surface area contributed by atoms with E-state index in [1.165, 1.54) is 19.3 Å². The van der Waals surface area contributed by atoms with Crippen LogP contribution in [0.1, 0.15) is 26.2 Å². The Hall–Kier alpha value is -0.0400. The van der Waals surface area contributed by atoms with Gasteiger partial charge >= 0.3 is 0 Å². The Morgan fingerprint density at radius 2 is 2.00 bits per heavy atom. The van der Waals surface area contributed by atoms with Crippen LogP contribution >= 0.6 is 0 Å². The van der Waals surface area contributed by atoms with Gasteiger partial charge in [0, 0.05) is 12.1 Å². The average molecular weight is 137 g/mol. The standard InChI is InChI=1S/C9H15N/c1-5(6-2-3-6)10-9-7-4-8(7)9/h5-10H,2-4H2,1H3. The van der Waals surface area contributed by atoms with Gasteiger partial charge in [-0.2, -0.15) is 0 Å². The van der Waals surface area contributed by atoms with E-state index in [9.17, 15) is 0 Å². The molecule has 10 heavy (non-hydrogen) atoms. The molecule has 0 aromatic heterocycles. The highest BCUT2D eigenvalue weighted by molar-refractivity contribution is 5.18. The first-order valence-electron chi connectivity index (χ1n) is 4.62. The van der Waals surface area contributed by atoms with E-state index in [1.54, 1.807) is 0 Å². The summed E-state index contributed by atoms with van der Waals surface area (Å²) >= 11 is 0. The van der Waals surface area contributed by atoms with Crippen LogP contribution in [0.15, 0.2) is 0 Å². The van der Waals surface area contributed by atoms with Gasteiger partial charge in [0.05, 0.1) is 0 Å². The predicted octanol–water partition coefficient (Wildman–Crippen LogP) is 1.39. The topological polar surface area (TPSA) is 12.0 Å². The summed E-state index contributed by atoms with van der Waals surface area (Å²) in [5.41, 5.74) is 0. The third-order valence-corrected chi connectivity index (χ3v) is 3.46. The molecule has 0 radical (unpaired) electrons. The zero-order chi connectivity index (χ0) is 6.72. The van der Waals surface area contributed by atoms with Crippen LogP contribution in [0.25, 0.3) is 0 Å². The van der Waals surface area contributed by atoms with E-state index in [-0.39, 0.29) is 0 Å². The Morgan fingerprint density at radius 3 is 2.40 bits per heavy atom. The normalized spacial score (nSPS) is 51.9. The minimum Gasteiger partial charge on any atom is -0.311 e. The van der Waals surface area contributed by atoms with Crippen molar-refractivity contribution >= 4 is 0 Å². The Morgan fingerprint density at radius 1 is 1.30 bits per heavy atom. The number of hydrogen-bond acceptors (Lipinski definition) is 1. The average Bonchev–Trinajstić information content (AvgIpc) is 2.72. The first kappa shape index (κ1) is 5.59. The van der Waals surface area contributed by atoms with E-state index in [1.807, 2.05) is 0 Å². The highest BCUT2D eigenvalue weighted by Crippen LogP contribution is 2.62. The molecule has 0 spiro atoms. The molecule has 0 aliphatic heterocycles. The second-order valence-corrected chi connectivity index (χ2v) is 4.38. The fourth-order valence-electron chi connectivity index (χ4n) is 2.06. The summed E-state index contributed by atoms with van der Waals surface area (Å²) in [5.74, 6) is 3.29. The molecule has 1 nitrogen and oxygen atoms in total. The van der Waals surface area contributed by atoms with Gasteiger partial charge in [-0.25, -0.2) is 0 Å². The minimum absolute atomic E-state index is 0.831. The van der Waals surface area contributed by atoms with Crippen LogP contribution in [0.4, 0.5) is 0 Å². The summed E-state index contributed by atoms with van der Waals surface area (Å²) in [6, 6.07) is 1.80. The van der Waals surface area contributed by atoms with Crippen LogP contribution in [0.5, 0.6) is 0 Å². The van der Waals surface area contributed by atoms with Gasteiger partial charge in [0.2, 0.25) is 0 Å². The van der Waals surface area contributed by atoms with Crippen molar-refractivity contribution in [3.8, 4) is 0 Å². The molecule has 3 aliphatic rings. The minimum atomic E-state index is 0.831. The molecule has 3 unspecified atom stereocenters. The summed E-state index contributed by atoms with van der Waals surface area (Å²) in [6.07, 6.45) is 4.50. The van der Waals surface area contributed by atoms with E-state index >= 15 is 0 Å². The number of rotatable bonds is 3. The van der Waals surface area contributed by atoms with Crippen molar-refractivity contribution in [2.24, 2.45) is 17.8 Å². The molecule has 3 saturated carbocycles. The van der Waals surface area contributed by atoms with Crippen LogP contribution < -0.4 is 5.32 Å². The number of fused-ring (bicyclic) bond motifs is 1. The molecule has 3 atom stereocenters. The largest absolute Gasteiger partial charge is 0.311 e. The molecular weight excluding hydrogens is 122 g/mol. The van der Waals surface area contributed by atoms with Gasteiger partial charge in [0.15, 0.2) is 0 Å². The van der Waals surface area contributed by atoms with Crippen LogP contribution in [-0.4, -0.2) is 12.1 Å². The molecule has 3 aliphatic carbocycles. The van der Waals surface area contributed by atoms with E-state index in [0.29, 0.717) is 0 Å². The Kier molecular flexibility index (Phi) is 0.883. The second-order valence-electron chi connectivity index (χ2n) is 4.38. The van der Waals surface area contributed by atoms with Crippen LogP contribution in [-0.2, 0) is 0 Å². The highest BCUT2D eigenvalue weighted by Gasteiger charge is 2.64. The molecule has 56 valence electrons. The molecule has 0 heterocycles. The first-order valence-corrected chi connectivity index (χ1v) is 4.62. The summed E-state index contributed by atoms with van der Waals surface area (Å²) in [5, 5.41) is 3.72. The monoisotopic (exact) mass is 137 g/mol. The van der Waals surface area contributed by atoms with Gasteiger partial charge < -0.3 is 5.32 Å². The lowest BCUT2D eigenvalue weighted by molar-refractivity contribution is 0.447. The maximum Gasteiger partial charge on any atom is 0.0133 e. The molecule has 1 heteroatoms. The zero-order valence-corrected chi connectivity index (χ0v) is 6.51. The molecule has 0 bridgehead atoms. The molecule has 3 fully saturated rings.